The summed E-state index contributed by atoms with van der Waals surface area (Å²) >= 11 is 0. The number of halogens is 3. The summed E-state index contributed by atoms with van der Waals surface area (Å²) in [5.41, 5.74) is -6.04. The average Bonchev–Trinajstić information content (AvgIpc) is 2.53. The molecule has 11 heteroatoms. The number of alkyl halides is 3. The predicted octanol–water partition coefficient (Wildman–Crippen LogP) is 1.90. The summed E-state index contributed by atoms with van der Waals surface area (Å²) in [6, 6.07) is 1.11. The van der Waals surface area contributed by atoms with Crippen LogP contribution in [0.5, 0.6) is 5.75 Å². The van der Waals surface area contributed by atoms with E-state index in [2.05, 4.69) is 4.74 Å². The van der Waals surface area contributed by atoms with Crippen LogP contribution in [0.1, 0.15) is 36.1 Å². The van der Waals surface area contributed by atoms with E-state index in [4.69, 9.17) is 0 Å². The lowest BCUT2D eigenvalue weighted by Gasteiger charge is -2.32. The summed E-state index contributed by atoms with van der Waals surface area (Å²) in [6.45, 7) is 2.45. The van der Waals surface area contributed by atoms with Gasteiger partial charge in [0.25, 0.3) is 0 Å². The summed E-state index contributed by atoms with van der Waals surface area (Å²) in [6.07, 6.45) is -1.71. The quantitative estimate of drug-likeness (QED) is 0.752. The fourth-order valence-electron chi connectivity index (χ4n) is 2.89. The Morgan fingerprint density at radius 1 is 1.42 bits per heavy atom. The standard InChI is InChI=1S/C15H18F3NO6S/c1-3-25-14(22)13(21)11-8(2)7-10-9(12(11)20)5-4-6-19(10)26(23,24)15(16,17)18/h7,13,20-21H,3-6H2,1-2H3. The number of aryl methyl sites for hydroxylation is 1. The molecule has 0 saturated heterocycles. The number of hydrogen-bond acceptors (Lipinski definition) is 6. The molecule has 0 radical (unpaired) electrons. The summed E-state index contributed by atoms with van der Waals surface area (Å²) in [5, 5.41) is 20.5. The van der Waals surface area contributed by atoms with Gasteiger partial charge in [0, 0.05) is 17.7 Å². The summed E-state index contributed by atoms with van der Waals surface area (Å²) < 4.78 is 67.2. The van der Waals surface area contributed by atoms with Crippen LogP contribution in [-0.2, 0) is 26.0 Å². The molecule has 146 valence electrons. The van der Waals surface area contributed by atoms with E-state index >= 15 is 0 Å². The second-order valence-corrected chi connectivity index (χ2v) is 7.59. The third kappa shape index (κ3) is 3.32. The normalized spacial score (nSPS) is 16.2. The van der Waals surface area contributed by atoms with E-state index in [-0.39, 0.29) is 46.1 Å². The van der Waals surface area contributed by atoms with Gasteiger partial charge in [-0.1, -0.05) is 0 Å². The van der Waals surface area contributed by atoms with Gasteiger partial charge in [-0.2, -0.15) is 21.6 Å². The summed E-state index contributed by atoms with van der Waals surface area (Å²) in [4.78, 5) is 11.7. The number of sulfonamides is 1. The van der Waals surface area contributed by atoms with Gasteiger partial charge in [-0.3, -0.25) is 4.31 Å². The second-order valence-electron chi connectivity index (χ2n) is 5.73. The number of fused-ring (bicyclic) bond motifs is 1. The number of phenolic OH excluding ortho intramolecular Hbond substituents is 1. The fourth-order valence-corrected chi connectivity index (χ4v) is 3.93. The van der Waals surface area contributed by atoms with Gasteiger partial charge in [0.2, 0.25) is 0 Å². The van der Waals surface area contributed by atoms with Gasteiger partial charge in [0.15, 0.2) is 6.10 Å². The predicted molar refractivity (Wildman–Crippen MR) is 85.1 cm³/mol. The van der Waals surface area contributed by atoms with Crippen molar-refractivity contribution in [3.8, 4) is 5.75 Å². The zero-order valence-electron chi connectivity index (χ0n) is 14.0. The highest BCUT2D eigenvalue weighted by molar-refractivity contribution is 7.93. The number of carbonyl (C=O) groups excluding carboxylic acids is 1. The molecule has 1 aliphatic rings. The van der Waals surface area contributed by atoms with Crippen molar-refractivity contribution >= 4 is 21.7 Å². The monoisotopic (exact) mass is 397 g/mol. The minimum atomic E-state index is -5.64. The van der Waals surface area contributed by atoms with E-state index in [1.807, 2.05) is 0 Å². The van der Waals surface area contributed by atoms with Crippen molar-refractivity contribution in [1.29, 1.82) is 0 Å². The highest BCUT2D eigenvalue weighted by Crippen LogP contribution is 2.43. The maximum Gasteiger partial charge on any atom is 0.516 e. The SMILES string of the molecule is CCOC(=O)C(O)c1c(C)cc2c(c1O)CCCN2S(=O)(=O)C(F)(F)F. The zero-order chi connectivity index (χ0) is 19.9. The number of aliphatic hydroxyl groups excluding tert-OH is 1. The molecular weight excluding hydrogens is 379 g/mol. The molecule has 0 aliphatic carbocycles. The number of nitrogens with zero attached hydrogens (tertiary/aromatic N) is 1. The number of esters is 1. The van der Waals surface area contributed by atoms with Crippen molar-refractivity contribution in [3.63, 3.8) is 0 Å². The molecule has 2 rings (SSSR count). The van der Waals surface area contributed by atoms with Gasteiger partial charge in [-0.15, -0.1) is 0 Å². The first-order valence-electron chi connectivity index (χ1n) is 7.72. The van der Waals surface area contributed by atoms with Gasteiger partial charge in [0.05, 0.1) is 12.3 Å². The van der Waals surface area contributed by atoms with Gasteiger partial charge < -0.3 is 14.9 Å². The molecule has 1 aromatic carbocycles. The first-order valence-corrected chi connectivity index (χ1v) is 9.16. The number of hydrogen-bond donors (Lipinski definition) is 2. The molecule has 0 amide bonds. The van der Waals surface area contributed by atoms with Crippen LogP contribution in [0.15, 0.2) is 6.07 Å². The number of rotatable bonds is 4. The summed E-state index contributed by atoms with van der Waals surface area (Å²) in [7, 11) is -5.64. The number of aliphatic hydroxyl groups is 1. The van der Waals surface area contributed by atoms with Gasteiger partial charge in [-0.25, -0.2) is 4.79 Å². The van der Waals surface area contributed by atoms with E-state index < -0.39 is 39.9 Å². The minimum absolute atomic E-state index is 0.0156. The molecule has 0 bridgehead atoms. The Balaban J connectivity index is 2.60. The van der Waals surface area contributed by atoms with Crippen LogP contribution >= 0.6 is 0 Å². The van der Waals surface area contributed by atoms with Crippen molar-refractivity contribution in [3.05, 3.63) is 22.8 Å². The third-order valence-electron chi connectivity index (χ3n) is 4.05. The lowest BCUT2D eigenvalue weighted by Crippen LogP contribution is -2.43. The molecule has 1 aliphatic heterocycles. The van der Waals surface area contributed by atoms with Crippen LogP contribution in [0, 0.1) is 6.92 Å². The van der Waals surface area contributed by atoms with Crippen molar-refractivity contribution in [2.75, 3.05) is 17.5 Å². The number of benzene rings is 1. The Hall–Kier alpha value is -2.01. The first-order chi connectivity index (χ1) is 11.9. The highest BCUT2D eigenvalue weighted by atomic mass is 32.2. The van der Waals surface area contributed by atoms with Crippen LogP contribution in [0.2, 0.25) is 0 Å². The van der Waals surface area contributed by atoms with Crippen LogP contribution < -0.4 is 4.31 Å². The summed E-state index contributed by atoms with van der Waals surface area (Å²) in [5.74, 6) is -1.64. The molecule has 0 saturated carbocycles. The molecular formula is C15H18F3NO6S. The lowest BCUT2D eigenvalue weighted by molar-refractivity contribution is -0.153. The second kappa shape index (κ2) is 6.95. The van der Waals surface area contributed by atoms with Crippen molar-refractivity contribution in [2.45, 2.75) is 38.3 Å². The van der Waals surface area contributed by atoms with Gasteiger partial charge >= 0.3 is 21.5 Å². The first kappa shape index (κ1) is 20.3. The van der Waals surface area contributed by atoms with Crippen molar-refractivity contribution in [2.24, 2.45) is 0 Å². The molecule has 0 aromatic heterocycles. The van der Waals surface area contributed by atoms with Crippen LogP contribution in [-0.4, -0.2) is 43.3 Å². The third-order valence-corrected chi connectivity index (χ3v) is 5.60. The molecule has 1 atom stereocenters. The van der Waals surface area contributed by atoms with Crippen LogP contribution in [0.25, 0.3) is 0 Å². The van der Waals surface area contributed by atoms with Crippen molar-refractivity contribution < 1.29 is 41.3 Å². The maximum atomic E-state index is 12.9. The van der Waals surface area contributed by atoms with Crippen LogP contribution in [0.3, 0.4) is 0 Å². The smallest absolute Gasteiger partial charge is 0.507 e. The van der Waals surface area contributed by atoms with Crippen molar-refractivity contribution in [1.82, 2.24) is 0 Å². The fraction of sp³-hybridized carbons (Fsp3) is 0.533. The Bertz CT molecular complexity index is 822. The lowest BCUT2D eigenvalue weighted by atomic mass is 9.93. The molecule has 1 aromatic rings. The molecule has 7 nitrogen and oxygen atoms in total. The molecule has 2 N–H and O–H groups in total. The van der Waals surface area contributed by atoms with E-state index in [0.717, 1.165) is 6.07 Å². The maximum absolute atomic E-state index is 12.9. The molecule has 1 heterocycles. The minimum Gasteiger partial charge on any atom is -0.507 e. The Morgan fingerprint density at radius 3 is 2.58 bits per heavy atom. The topological polar surface area (TPSA) is 104 Å². The van der Waals surface area contributed by atoms with Gasteiger partial charge in [-0.05, 0) is 38.3 Å². The number of ether oxygens (including phenoxy) is 1. The molecule has 0 fully saturated rings. The molecule has 1 unspecified atom stereocenters. The van der Waals surface area contributed by atoms with E-state index in [1.165, 1.54) is 13.8 Å². The molecule has 26 heavy (non-hydrogen) atoms. The van der Waals surface area contributed by atoms with E-state index in [1.54, 1.807) is 0 Å². The largest absolute Gasteiger partial charge is 0.516 e. The number of anilines is 1. The van der Waals surface area contributed by atoms with E-state index in [0.29, 0.717) is 0 Å². The molecule has 0 spiro atoms. The number of phenols is 1. The van der Waals surface area contributed by atoms with Gasteiger partial charge in [0.1, 0.15) is 5.75 Å². The van der Waals surface area contributed by atoms with E-state index in [9.17, 15) is 36.6 Å². The Labute approximate surface area is 148 Å². The number of carbonyl (C=O) groups is 1. The average molecular weight is 397 g/mol. The zero-order valence-corrected chi connectivity index (χ0v) is 14.8. The highest BCUT2D eigenvalue weighted by Gasteiger charge is 2.51. The Morgan fingerprint density at radius 2 is 2.04 bits per heavy atom. The Kier molecular flexibility index (Phi) is 5.43. The van der Waals surface area contributed by atoms with Crippen LogP contribution in [0.4, 0.5) is 18.9 Å². The number of aromatic hydroxyl groups is 1.